The first-order valence-corrected chi connectivity index (χ1v) is 7.25. The van der Waals surface area contributed by atoms with Crippen LogP contribution in [0.4, 0.5) is 13.2 Å². The van der Waals surface area contributed by atoms with Crippen molar-refractivity contribution < 1.29 is 13.2 Å². The Balaban J connectivity index is 2.35. The Morgan fingerprint density at radius 1 is 0.625 bits per heavy atom. The summed E-state index contributed by atoms with van der Waals surface area (Å²) in [6.45, 7) is 0. The average molecular weight is 323 g/mol. The number of nitrogens with zero attached hydrogens (tertiary/aromatic N) is 1. The van der Waals surface area contributed by atoms with Gasteiger partial charge in [0.25, 0.3) is 0 Å². The highest BCUT2D eigenvalue weighted by atomic mass is 19.1. The minimum atomic E-state index is -1.45. The lowest BCUT2D eigenvalue weighted by atomic mass is 9.70. The monoisotopic (exact) mass is 323 g/mol. The maximum Gasteiger partial charge on any atom is 0.132 e. The van der Waals surface area contributed by atoms with E-state index in [-0.39, 0.29) is 0 Å². The summed E-state index contributed by atoms with van der Waals surface area (Å²) in [4.78, 5) is 0. The Kier molecular flexibility index (Phi) is 4.09. The highest BCUT2D eigenvalue weighted by Crippen LogP contribution is 2.39. The van der Waals surface area contributed by atoms with Crippen LogP contribution in [0.25, 0.3) is 0 Å². The SMILES string of the molecule is N#CC(c1ccc(F)cc1)(c1cccc(F)c1)c1cccc(F)c1. The summed E-state index contributed by atoms with van der Waals surface area (Å²) in [6, 6.07) is 18.7. The van der Waals surface area contributed by atoms with Gasteiger partial charge >= 0.3 is 0 Å². The minimum Gasteiger partial charge on any atom is -0.207 e. The molecule has 0 spiro atoms. The molecule has 0 aromatic heterocycles. The number of hydrogen-bond acceptors (Lipinski definition) is 1. The second-order valence-corrected chi connectivity index (χ2v) is 5.39. The van der Waals surface area contributed by atoms with E-state index >= 15 is 0 Å². The van der Waals surface area contributed by atoms with E-state index in [1.54, 1.807) is 12.1 Å². The zero-order chi connectivity index (χ0) is 17.2. The van der Waals surface area contributed by atoms with Gasteiger partial charge < -0.3 is 0 Å². The number of benzene rings is 3. The van der Waals surface area contributed by atoms with Gasteiger partial charge in [-0.05, 0) is 53.1 Å². The van der Waals surface area contributed by atoms with Crippen LogP contribution >= 0.6 is 0 Å². The fourth-order valence-corrected chi connectivity index (χ4v) is 2.84. The molecule has 0 heterocycles. The van der Waals surface area contributed by atoms with Gasteiger partial charge in [0.05, 0.1) is 6.07 Å². The molecule has 0 N–H and O–H groups in total. The average Bonchev–Trinajstić information content (AvgIpc) is 2.58. The highest BCUT2D eigenvalue weighted by Gasteiger charge is 2.37. The van der Waals surface area contributed by atoms with Crippen molar-refractivity contribution in [2.24, 2.45) is 0 Å². The predicted octanol–water partition coefficient (Wildman–Crippen LogP) is 4.96. The molecule has 0 bridgehead atoms. The minimum absolute atomic E-state index is 0.349. The maximum absolute atomic E-state index is 13.8. The molecule has 4 heteroatoms. The van der Waals surface area contributed by atoms with Gasteiger partial charge in [0.1, 0.15) is 22.9 Å². The standard InChI is InChI=1S/C20H12F3N/c21-17-9-7-14(8-10-17)20(13-24,15-3-1-5-18(22)11-15)16-4-2-6-19(23)12-16/h1-12H. The fraction of sp³-hybridized carbons (Fsp3) is 0.0500. The molecule has 0 atom stereocenters. The molecule has 3 aromatic rings. The summed E-state index contributed by atoms with van der Waals surface area (Å²) in [5.74, 6) is -1.47. The smallest absolute Gasteiger partial charge is 0.132 e. The molecule has 0 fully saturated rings. The number of halogens is 3. The van der Waals surface area contributed by atoms with Crippen molar-refractivity contribution in [3.8, 4) is 6.07 Å². The second kappa shape index (κ2) is 6.21. The molecule has 0 aliphatic rings. The molecule has 0 saturated carbocycles. The Bertz CT molecular complexity index is 865. The summed E-state index contributed by atoms with van der Waals surface area (Å²) in [6.07, 6.45) is 0. The van der Waals surface area contributed by atoms with Crippen LogP contribution in [-0.2, 0) is 5.41 Å². The molecular weight excluding hydrogens is 311 g/mol. The van der Waals surface area contributed by atoms with Crippen LogP contribution in [0.1, 0.15) is 16.7 Å². The van der Waals surface area contributed by atoms with Crippen molar-refractivity contribution in [1.29, 1.82) is 5.26 Å². The third kappa shape index (κ3) is 2.65. The van der Waals surface area contributed by atoms with Gasteiger partial charge in [-0.25, -0.2) is 13.2 Å². The molecule has 0 aliphatic heterocycles. The van der Waals surface area contributed by atoms with Gasteiger partial charge in [0.2, 0.25) is 0 Å². The predicted molar refractivity (Wildman–Crippen MR) is 84.7 cm³/mol. The van der Waals surface area contributed by atoms with Gasteiger partial charge in [-0.15, -0.1) is 0 Å². The lowest BCUT2D eigenvalue weighted by molar-refractivity contribution is 0.613. The number of rotatable bonds is 3. The van der Waals surface area contributed by atoms with E-state index in [1.807, 2.05) is 0 Å². The normalized spacial score (nSPS) is 11.1. The van der Waals surface area contributed by atoms with Crippen molar-refractivity contribution in [2.75, 3.05) is 0 Å². The molecule has 0 unspecified atom stereocenters. The van der Waals surface area contributed by atoms with E-state index in [0.29, 0.717) is 16.7 Å². The van der Waals surface area contributed by atoms with Crippen molar-refractivity contribution in [3.63, 3.8) is 0 Å². The van der Waals surface area contributed by atoms with E-state index < -0.39 is 22.9 Å². The molecule has 0 radical (unpaired) electrons. The van der Waals surface area contributed by atoms with Gasteiger partial charge in [0.15, 0.2) is 0 Å². The van der Waals surface area contributed by atoms with E-state index in [2.05, 4.69) is 6.07 Å². The number of nitriles is 1. The zero-order valence-electron chi connectivity index (χ0n) is 12.5. The van der Waals surface area contributed by atoms with E-state index in [9.17, 15) is 18.4 Å². The molecule has 3 aromatic carbocycles. The van der Waals surface area contributed by atoms with Crippen LogP contribution in [0.5, 0.6) is 0 Å². The Morgan fingerprint density at radius 2 is 1.12 bits per heavy atom. The Hall–Kier alpha value is -3.06. The van der Waals surface area contributed by atoms with E-state index in [0.717, 1.165) is 0 Å². The van der Waals surface area contributed by atoms with Crippen LogP contribution in [-0.4, -0.2) is 0 Å². The van der Waals surface area contributed by atoms with Gasteiger partial charge in [-0.2, -0.15) is 5.26 Å². The largest absolute Gasteiger partial charge is 0.207 e. The first-order chi connectivity index (χ1) is 11.6. The lowest BCUT2D eigenvalue weighted by Crippen LogP contribution is -2.27. The third-order valence-corrected chi connectivity index (χ3v) is 3.96. The highest BCUT2D eigenvalue weighted by molar-refractivity contribution is 5.56. The Labute approximate surface area is 137 Å². The summed E-state index contributed by atoms with van der Waals surface area (Å²) >= 11 is 0. The molecule has 3 rings (SSSR count). The summed E-state index contributed by atoms with van der Waals surface area (Å²) < 4.78 is 40.8. The Morgan fingerprint density at radius 3 is 1.54 bits per heavy atom. The van der Waals surface area contributed by atoms with E-state index in [4.69, 9.17) is 0 Å². The van der Waals surface area contributed by atoms with Crippen molar-refractivity contribution in [2.45, 2.75) is 5.41 Å². The molecule has 0 amide bonds. The fourth-order valence-electron chi connectivity index (χ4n) is 2.84. The third-order valence-electron chi connectivity index (χ3n) is 3.96. The van der Waals surface area contributed by atoms with Crippen LogP contribution < -0.4 is 0 Å². The topological polar surface area (TPSA) is 23.8 Å². The second-order valence-electron chi connectivity index (χ2n) is 5.39. The van der Waals surface area contributed by atoms with Crippen LogP contribution in [0.15, 0.2) is 72.8 Å². The number of hydrogen-bond donors (Lipinski definition) is 0. The molecule has 0 aliphatic carbocycles. The van der Waals surface area contributed by atoms with Gasteiger partial charge in [0, 0.05) is 0 Å². The lowest BCUT2D eigenvalue weighted by Gasteiger charge is -2.28. The summed E-state index contributed by atoms with van der Waals surface area (Å²) in [7, 11) is 0. The molecule has 1 nitrogen and oxygen atoms in total. The van der Waals surface area contributed by atoms with Crippen molar-refractivity contribution in [1.82, 2.24) is 0 Å². The first kappa shape index (κ1) is 15.8. The molecule has 24 heavy (non-hydrogen) atoms. The summed E-state index contributed by atoms with van der Waals surface area (Å²) in [5.41, 5.74) is -0.315. The molecule has 118 valence electrons. The van der Waals surface area contributed by atoms with Crippen molar-refractivity contribution in [3.05, 3.63) is 107 Å². The van der Waals surface area contributed by atoms with Crippen LogP contribution in [0.2, 0.25) is 0 Å². The summed E-state index contributed by atoms with van der Waals surface area (Å²) in [5, 5.41) is 10.00. The van der Waals surface area contributed by atoms with Crippen LogP contribution in [0.3, 0.4) is 0 Å². The zero-order valence-corrected chi connectivity index (χ0v) is 12.5. The quantitative estimate of drug-likeness (QED) is 0.625. The first-order valence-electron chi connectivity index (χ1n) is 7.25. The molecule has 0 saturated heterocycles. The maximum atomic E-state index is 13.8. The van der Waals surface area contributed by atoms with Gasteiger partial charge in [-0.3, -0.25) is 0 Å². The van der Waals surface area contributed by atoms with Gasteiger partial charge in [-0.1, -0.05) is 36.4 Å². The van der Waals surface area contributed by atoms with Crippen molar-refractivity contribution >= 4 is 0 Å². The van der Waals surface area contributed by atoms with E-state index in [1.165, 1.54) is 60.7 Å². The van der Waals surface area contributed by atoms with Crippen LogP contribution in [0, 0.1) is 28.8 Å². The molecular formula is C20H12F3N.